The lowest BCUT2D eigenvalue weighted by molar-refractivity contribution is -0.118. The van der Waals surface area contributed by atoms with Crippen LogP contribution in [0, 0.1) is 5.92 Å². The lowest BCUT2D eigenvalue weighted by Gasteiger charge is -2.14. The highest BCUT2D eigenvalue weighted by Gasteiger charge is 2.31. The fraction of sp³-hybridized carbons (Fsp3) is 0.360. The molecule has 0 aliphatic carbocycles. The largest absolute Gasteiger partial charge is 0.493 e. The first kappa shape index (κ1) is 25.1. The summed E-state index contributed by atoms with van der Waals surface area (Å²) in [5, 5.41) is 8.05. The first-order valence-corrected chi connectivity index (χ1v) is 13.6. The van der Waals surface area contributed by atoms with Gasteiger partial charge in [-0.25, -0.2) is 13.1 Å². The summed E-state index contributed by atoms with van der Waals surface area (Å²) in [5.74, 6) is 1.82. The highest BCUT2D eigenvalue weighted by Crippen LogP contribution is 2.31. The third-order valence-electron chi connectivity index (χ3n) is 5.47. The molecule has 0 saturated carbocycles. The Morgan fingerprint density at radius 2 is 1.77 bits per heavy atom. The number of hydrogen-bond donors (Lipinski definition) is 1. The van der Waals surface area contributed by atoms with Crippen LogP contribution in [0.4, 0.5) is 5.82 Å². The van der Waals surface area contributed by atoms with Crippen LogP contribution in [0.25, 0.3) is 11.3 Å². The Labute approximate surface area is 210 Å². The number of carbonyl (C=O) groups is 1. The SMILES string of the molecule is CC(C)COc1ccc(-c2cc(NC(=O)COc3ccc(Cl)cc3)n([C@@H]3CCS(=O)(=O)C3)n2)cc1. The molecule has 1 atom stereocenters. The average molecular weight is 518 g/mol. The number of halogens is 1. The van der Waals surface area contributed by atoms with Gasteiger partial charge in [-0.05, 0) is 60.9 Å². The number of aromatic nitrogens is 2. The highest BCUT2D eigenvalue weighted by atomic mass is 35.5. The van der Waals surface area contributed by atoms with Crippen molar-refractivity contribution in [1.82, 2.24) is 9.78 Å². The van der Waals surface area contributed by atoms with Crippen molar-refractivity contribution in [3.05, 3.63) is 59.6 Å². The number of benzene rings is 2. The van der Waals surface area contributed by atoms with E-state index in [4.69, 9.17) is 21.1 Å². The number of carbonyl (C=O) groups excluding carboxylic acids is 1. The predicted molar refractivity (Wildman–Crippen MR) is 136 cm³/mol. The van der Waals surface area contributed by atoms with Crippen molar-refractivity contribution >= 4 is 33.2 Å². The van der Waals surface area contributed by atoms with E-state index in [0.717, 1.165) is 11.3 Å². The molecule has 1 amide bonds. The van der Waals surface area contributed by atoms with E-state index in [9.17, 15) is 13.2 Å². The maximum absolute atomic E-state index is 12.6. The van der Waals surface area contributed by atoms with E-state index >= 15 is 0 Å². The van der Waals surface area contributed by atoms with Gasteiger partial charge in [0.25, 0.3) is 5.91 Å². The summed E-state index contributed by atoms with van der Waals surface area (Å²) in [6.45, 7) is 4.58. The quantitative estimate of drug-likeness (QED) is 0.445. The summed E-state index contributed by atoms with van der Waals surface area (Å²) in [6.07, 6.45) is 0.440. The maximum Gasteiger partial charge on any atom is 0.263 e. The molecular weight excluding hydrogens is 490 g/mol. The van der Waals surface area contributed by atoms with Crippen LogP contribution in [-0.4, -0.2) is 48.8 Å². The van der Waals surface area contributed by atoms with Gasteiger partial charge < -0.3 is 14.8 Å². The Morgan fingerprint density at radius 1 is 1.11 bits per heavy atom. The van der Waals surface area contributed by atoms with Gasteiger partial charge in [-0.15, -0.1) is 0 Å². The zero-order chi connectivity index (χ0) is 25.0. The van der Waals surface area contributed by atoms with E-state index in [-0.39, 0.29) is 30.1 Å². The molecule has 3 aromatic rings. The monoisotopic (exact) mass is 517 g/mol. The molecule has 0 spiro atoms. The first-order valence-electron chi connectivity index (χ1n) is 11.4. The van der Waals surface area contributed by atoms with Crippen LogP contribution in [-0.2, 0) is 14.6 Å². The molecule has 1 aromatic heterocycles. The minimum atomic E-state index is -3.14. The van der Waals surface area contributed by atoms with E-state index in [2.05, 4.69) is 24.3 Å². The van der Waals surface area contributed by atoms with Crippen molar-refractivity contribution in [3.8, 4) is 22.8 Å². The van der Waals surface area contributed by atoms with E-state index < -0.39 is 9.84 Å². The third-order valence-corrected chi connectivity index (χ3v) is 7.48. The van der Waals surface area contributed by atoms with E-state index in [0.29, 0.717) is 41.2 Å². The van der Waals surface area contributed by atoms with Gasteiger partial charge in [-0.3, -0.25) is 4.79 Å². The Balaban J connectivity index is 1.52. The minimum absolute atomic E-state index is 0.0136. The van der Waals surface area contributed by atoms with Crippen LogP contribution in [0.5, 0.6) is 11.5 Å². The van der Waals surface area contributed by atoms with Crippen molar-refractivity contribution in [2.75, 3.05) is 30.0 Å². The van der Waals surface area contributed by atoms with Gasteiger partial charge in [0.1, 0.15) is 17.3 Å². The second-order valence-corrected chi connectivity index (χ2v) is 11.6. The Hall–Kier alpha value is -3.04. The van der Waals surface area contributed by atoms with Gasteiger partial charge in [0, 0.05) is 16.7 Å². The number of amides is 1. The molecule has 1 aliphatic heterocycles. The van der Waals surface area contributed by atoms with Gasteiger partial charge in [-0.2, -0.15) is 5.10 Å². The van der Waals surface area contributed by atoms with E-state index in [1.54, 1.807) is 35.0 Å². The van der Waals surface area contributed by atoms with Crippen molar-refractivity contribution in [1.29, 1.82) is 0 Å². The fourth-order valence-corrected chi connectivity index (χ4v) is 5.54. The Kier molecular flexibility index (Phi) is 7.66. The van der Waals surface area contributed by atoms with Crippen molar-refractivity contribution in [2.24, 2.45) is 5.92 Å². The average Bonchev–Trinajstić information content (AvgIpc) is 3.40. The molecule has 4 rings (SSSR count). The molecule has 2 heterocycles. The molecule has 186 valence electrons. The highest BCUT2D eigenvalue weighted by molar-refractivity contribution is 7.91. The maximum atomic E-state index is 12.6. The third kappa shape index (κ3) is 6.76. The zero-order valence-corrected chi connectivity index (χ0v) is 21.2. The summed E-state index contributed by atoms with van der Waals surface area (Å²) in [5.41, 5.74) is 1.45. The van der Waals surface area contributed by atoms with Gasteiger partial charge in [0.2, 0.25) is 0 Å². The molecule has 1 aliphatic rings. The second-order valence-electron chi connectivity index (χ2n) is 8.94. The summed E-state index contributed by atoms with van der Waals surface area (Å²) in [7, 11) is -3.14. The van der Waals surface area contributed by atoms with E-state index in [1.807, 2.05) is 24.3 Å². The first-order chi connectivity index (χ1) is 16.7. The number of sulfone groups is 1. The number of nitrogens with zero attached hydrogens (tertiary/aromatic N) is 2. The van der Waals surface area contributed by atoms with Gasteiger partial charge in [-0.1, -0.05) is 25.4 Å². The predicted octanol–water partition coefficient (Wildman–Crippen LogP) is 4.62. The van der Waals surface area contributed by atoms with E-state index in [1.165, 1.54) is 0 Å². The number of rotatable bonds is 9. The summed E-state index contributed by atoms with van der Waals surface area (Å²) < 4.78 is 37.0. The van der Waals surface area contributed by atoms with Crippen LogP contribution in [0.15, 0.2) is 54.6 Å². The zero-order valence-electron chi connectivity index (χ0n) is 19.6. The fourth-order valence-electron chi connectivity index (χ4n) is 3.72. The second kappa shape index (κ2) is 10.7. The molecule has 0 bridgehead atoms. The molecule has 1 N–H and O–H groups in total. The summed E-state index contributed by atoms with van der Waals surface area (Å²) in [4.78, 5) is 12.6. The molecule has 8 nitrogen and oxygen atoms in total. The van der Waals surface area contributed by atoms with Gasteiger partial charge in [0.15, 0.2) is 16.4 Å². The molecule has 35 heavy (non-hydrogen) atoms. The minimum Gasteiger partial charge on any atom is -0.493 e. The molecule has 0 unspecified atom stereocenters. The molecule has 1 saturated heterocycles. The van der Waals surface area contributed by atoms with Crippen LogP contribution in [0.2, 0.25) is 5.02 Å². The molecule has 0 radical (unpaired) electrons. The Bertz CT molecular complexity index is 1270. The molecule has 2 aromatic carbocycles. The standard InChI is InChI=1S/C25H28ClN3O5S/c1-17(2)14-33-21-7-3-18(4-8-21)23-13-24(29(28-23)20-11-12-35(31,32)16-20)27-25(30)15-34-22-9-5-19(26)6-10-22/h3-10,13,17,20H,11-12,14-16H2,1-2H3,(H,27,30)/t20-/m1/s1. The van der Waals surface area contributed by atoms with Crippen LogP contribution >= 0.6 is 11.6 Å². The summed E-state index contributed by atoms with van der Waals surface area (Å²) >= 11 is 5.88. The number of ether oxygens (including phenoxy) is 2. The topological polar surface area (TPSA) is 99.5 Å². The van der Waals surface area contributed by atoms with Crippen molar-refractivity contribution in [3.63, 3.8) is 0 Å². The Morgan fingerprint density at radius 3 is 2.40 bits per heavy atom. The lowest BCUT2D eigenvalue weighted by atomic mass is 10.1. The van der Waals surface area contributed by atoms with Crippen molar-refractivity contribution in [2.45, 2.75) is 26.3 Å². The summed E-state index contributed by atoms with van der Waals surface area (Å²) in [6, 6.07) is 15.6. The normalized spacial score (nSPS) is 16.9. The van der Waals surface area contributed by atoms with Crippen molar-refractivity contribution < 1.29 is 22.7 Å². The molecular formula is C25H28ClN3O5S. The van der Waals surface area contributed by atoms with Crippen LogP contribution in [0.3, 0.4) is 0 Å². The van der Waals surface area contributed by atoms with Gasteiger partial charge >= 0.3 is 0 Å². The number of hydrogen-bond acceptors (Lipinski definition) is 6. The number of anilines is 1. The smallest absolute Gasteiger partial charge is 0.263 e. The molecule has 1 fully saturated rings. The molecule has 10 heteroatoms. The van der Waals surface area contributed by atoms with Crippen LogP contribution in [0.1, 0.15) is 26.3 Å². The van der Waals surface area contributed by atoms with Crippen LogP contribution < -0.4 is 14.8 Å². The van der Waals surface area contributed by atoms with Gasteiger partial charge in [0.05, 0.1) is 29.8 Å². The lowest BCUT2D eigenvalue weighted by Crippen LogP contribution is -2.23. The number of nitrogens with one attached hydrogen (secondary N) is 1.